The number of nitrogens with zero attached hydrogens (tertiary/aromatic N) is 1. The number of benzene rings is 3. The maximum atomic E-state index is 13.8. The summed E-state index contributed by atoms with van der Waals surface area (Å²) in [4.78, 5) is 29.1. The van der Waals surface area contributed by atoms with Crippen molar-refractivity contribution in [1.82, 2.24) is 4.90 Å². The van der Waals surface area contributed by atoms with Crippen molar-refractivity contribution in [2.45, 2.75) is 45.4 Å². The summed E-state index contributed by atoms with van der Waals surface area (Å²) in [5, 5.41) is 0. The summed E-state index contributed by atoms with van der Waals surface area (Å²) < 4.78 is 12.4. The lowest BCUT2D eigenvalue weighted by Crippen LogP contribution is -2.41. The highest BCUT2D eigenvalue weighted by Crippen LogP contribution is 2.57. The molecule has 2 aliphatic rings. The first-order chi connectivity index (χ1) is 16.9. The maximum Gasteiger partial charge on any atom is 0.317 e. The predicted octanol–water partition coefficient (Wildman–Crippen LogP) is 4.93. The molecule has 5 rings (SSSR count). The van der Waals surface area contributed by atoms with Crippen LogP contribution in [0.3, 0.4) is 0 Å². The van der Waals surface area contributed by atoms with E-state index in [1.54, 1.807) is 11.8 Å². The lowest BCUT2D eigenvalue weighted by atomic mass is 9.73. The van der Waals surface area contributed by atoms with Crippen LogP contribution in [0, 0.1) is 19.3 Å². The van der Waals surface area contributed by atoms with E-state index in [1.807, 2.05) is 92.7 Å². The van der Waals surface area contributed by atoms with E-state index in [9.17, 15) is 9.59 Å². The van der Waals surface area contributed by atoms with Gasteiger partial charge in [-0.3, -0.25) is 9.59 Å². The van der Waals surface area contributed by atoms with Crippen molar-refractivity contribution in [3.8, 4) is 0 Å². The van der Waals surface area contributed by atoms with Crippen LogP contribution in [0.15, 0.2) is 78.9 Å². The minimum atomic E-state index is -1.09. The van der Waals surface area contributed by atoms with Crippen LogP contribution in [0.1, 0.15) is 41.2 Å². The van der Waals surface area contributed by atoms with Gasteiger partial charge in [0.25, 0.3) is 5.91 Å². The fourth-order valence-corrected chi connectivity index (χ4v) is 5.51. The number of aryl methyl sites for hydroxylation is 2. The molecule has 2 fully saturated rings. The Morgan fingerprint density at radius 2 is 1.51 bits per heavy atom. The maximum absolute atomic E-state index is 13.8. The zero-order chi connectivity index (χ0) is 24.6. The third-order valence-corrected chi connectivity index (χ3v) is 7.33. The molecular formula is C30H31NO4. The highest BCUT2D eigenvalue weighted by atomic mass is 16.6. The monoisotopic (exact) mass is 469 g/mol. The van der Waals surface area contributed by atoms with Crippen molar-refractivity contribution < 1.29 is 19.1 Å². The molecular weight excluding hydrogens is 438 g/mol. The normalized spacial score (nSPS) is 22.8. The molecule has 0 spiro atoms. The van der Waals surface area contributed by atoms with Crippen molar-refractivity contribution >= 4 is 11.9 Å². The molecule has 0 bridgehead atoms. The molecule has 2 heterocycles. The lowest BCUT2D eigenvalue weighted by Gasteiger charge is -2.33. The summed E-state index contributed by atoms with van der Waals surface area (Å²) in [6, 6.07) is 26.2. The summed E-state index contributed by atoms with van der Waals surface area (Å²) in [5.41, 5.74) is 3.15. The average Bonchev–Trinajstić information content (AvgIpc) is 3.34. The SMILES string of the molecule is CCOC(=O)[C@]12CN(Cc3ccccc3)C(=O)C1OC(c1ccc(C)cc1)(c1ccc(C)cc1)C2. The second-order valence-electron chi connectivity index (χ2n) is 9.79. The third-order valence-electron chi connectivity index (χ3n) is 7.33. The number of carbonyl (C=O) groups is 2. The molecule has 180 valence electrons. The number of carbonyl (C=O) groups excluding carboxylic acids is 2. The Bertz CT molecular complexity index is 1170. The van der Waals surface area contributed by atoms with Crippen LogP contribution in [0.5, 0.6) is 0 Å². The van der Waals surface area contributed by atoms with E-state index in [2.05, 4.69) is 0 Å². The van der Waals surface area contributed by atoms with E-state index in [1.165, 1.54) is 0 Å². The zero-order valence-electron chi connectivity index (χ0n) is 20.5. The molecule has 5 nitrogen and oxygen atoms in total. The van der Waals surface area contributed by atoms with E-state index >= 15 is 0 Å². The summed E-state index contributed by atoms with van der Waals surface area (Å²) >= 11 is 0. The number of hydrogen-bond donors (Lipinski definition) is 0. The Morgan fingerprint density at radius 3 is 2.06 bits per heavy atom. The summed E-state index contributed by atoms with van der Waals surface area (Å²) in [5.74, 6) is -0.530. The fraction of sp³-hybridized carbons (Fsp3) is 0.333. The number of likely N-dealkylation sites (tertiary alicyclic amines) is 1. The number of ether oxygens (including phenoxy) is 2. The van der Waals surface area contributed by atoms with Gasteiger partial charge in [0.1, 0.15) is 11.0 Å². The van der Waals surface area contributed by atoms with Gasteiger partial charge in [-0.1, -0.05) is 90.0 Å². The van der Waals surface area contributed by atoms with E-state index in [-0.39, 0.29) is 25.0 Å². The quantitative estimate of drug-likeness (QED) is 0.481. The zero-order valence-corrected chi connectivity index (χ0v) is 20.5. The Labute approximate surface area is 206 Å². The van der Waals surface area contributed by atoms with Crippen LogP contribution in [0.4, 0.5) is 0 Å². The molecule has 5 heteroatoms. The molecule has 0 N–H and O–H groups in total. The second-order valence-corrected chi connectivity index (χ2v) is 9.79. The highest BCUT2D eigenvalue weighted by Gasteiger charge is 2.69. The van der Waals surface area contributed by atoms with Crippen molar-refractivity contribution in [1.29, 1.82) is 0 Å². The fourth-order valence-electron chi connectivity index (χ4n) is 5.51. The first kappa shape index (κ1) is 23.3. The second kappa shape index (κ2) is 8.97. The van der Waals surface area contributed by atoms with E-state index < -0.39 is 17.1 Å². The summed E-state index contributed by atoms with van der Waals surface area (Å²) in [7, 11) is 0. The molecule has 0 radical (unpaired) electrons. The third kappa shape index (κ3) is 3.94. The van der Waals surface area contributed by atoms with Crippen molar-refractivity contribution in [3.63, 3.8) is 0 Å². The van der Waals surface area contributed by atoms with Gasteiger partial charge in [-0.25, -0.2) is 0 Å². The molecule has 0 aromatic heterocycles. The van der Waals surface area contributed by atoms with Crippen LogP contribution < -0.4 is 0 Å². The molecule has 0 saturated carbocycles. The molecule has 2 atom stereocenters. The molecule has 3 aromatic rings. The van der Waals surface area contributed by atoms with Crippen LogP contribution in [0.2, 0.25) is 0 Å². The topological polar surface area (TPSA) is 55.8 Å². The molecule has 35 heavy (non-hydrogen) atoms. The molecule has 1 amide bonds. The number of amides is 1. The number of hydrogen-bond acceptors (Lipinski definition) is 4. The highest BCUT2D eigenvalue weighted by molar-refractivity contribution is 5.95. The standard InChI is InChI=1S/C30H31NO4/c1-4-34-28(33)29-19-30(24-14-10-21(2)11-15-24,25-16-12-22(3)13-17-25)35-26(29)27(32)31(20-29)18-23-8-6-5-7-9-23/h5-17,26H,4,18-20H2,1-3H3/t26?,29-/m1/s1. The van der Waals surface area contributed by atoms with Gasteiger partial charge in [0.2, 0.25) is 0 Å². The van der Waals surface area contributed by atoms with Gasteiger partial charge in [-0.05, 0) is 37.5 Å². The van der Waals surface area contributed by atoms with Gasteiger partial charge >= 0.3 is 5.97 Å². The smallest absolute Gasteiger partial charge is 0.317 e. The van der Waals surface area contributed by atoms with Gasteiger partial charge in [0, 0.05) is 19.5 Å². The number of rotatable bonds is 6. The van der Waals surface area contributed by atoms with E-state index in [0.717, 1.165) is 27.8 Å². The lowest BCUT2D eigenvalue weighted by molar-refractivity contribution is -0.158. The predicted molar refractivity (Wildman–Crippen MR) is 134 cm³/mol. The summed E-state index contributed by atoms with van der Waals surface area (Å²) in [6.45, 7) is 6.83. The minimum Gasteiger partial charge on any atom is -0.465 e. The van der Waals surface area contributed by atoms with Gasteiger partial charge in [-0.15, -0.1) is 0 Å². The molecule has 2 saturated heterocycles. The van der Waals surface area contributed by atoms with Crippen LogP contribution in [-0.4, -0.2) is 36.0 Å². The van der Waals surface area contributed by atoms with Gasteiger partial charge < -0.3 is 14.4 Å². The Morgan fingerprint density at radius 1 is 0.943 bits per heavy atom. The minimum absolute atomic E-state index is 0.164. The van der Waals surface area contributed by atoms with Gasteiger partial charge in [0.15, 0.2) is 6.10 Å². The Balaban J connectivity index is 1.60. The van der Waals surface area contributed by atoms with Crippen LogP contribution >= 0.6 is 0 Å². The number of fused-ring (bicyclic) bond motifs is 1. The summed E-state index contributed by atoms with van der Waals surface area (Å²) in [6.07, 6.45) is -0.569. The van der Waals surface area contributed by atoms with Gasteiger partial charge in [0.05, 0.1) is 6.61 Å². The van der Waals surface area contributed by atoms with Crippen molar-refractivity contribution in [2.75, 3.05) is 13.2 Å². The Hall–Kier alpha value is -3.44. The van der Waals surface area contributed by atoms with Crippen molar-refractivity contribution in [3.05, 3.63) is 107 Å². The Kier molecular flexibility index (Phi) is 5.97. The van der Waals surface area contributed by atoms with Crippen molar-refractivity contribution in [2.24, 2.45) is 5.41 Å². The number of esters is 1. The molecule has 3 aromatic carbocycles. The first-order valence-electron chi connectivity index (χ1n) is 12.2. The molecule has 0 aliphatic carbocycles. The van der Waals surface area contributed by atoms with E-state index in [0.29, 0.717) is 13.0 Å². The largest absolute Gasteiger partial charge is 0.465 e. The first-order valence-corrected chi connectivity index (χ1v) is 12.2. The van der Waals surface area contributed by atoms with E-state index in [4.69, 9.17) is 9.47 Å². The van der Waals surface area contributed by atoms with Gasteiger partial charge in [-0.2, -0.15) is 0 Å². The molecule has 1 unspecified atom stereocenters. The molecule has 2 aliphatic heterocycles. The van der Waals surface area contributed by atoms with Crippen LogP contribution in [0.25, 0.3) is 0 Å². The van der Waals surface area contributed by atoms with Crippen LogP contribution in [-0.2, 0) is 31.2 Å². The average molecular weight is 470 g/mol.